The largest absolute Gasteiger partial charge is 0.497 e. The molecule has 1 aliphatic heterocycles. The Morgan fingerprint density at radius 3 is 1.55 bits per heavy atom. The van der Waals surface area contributed by atoms with E-state index in [1.807, 2.05) is 0 Å². The van der Waals surface area contributed by atoms with Gasteiger partial charge in [0.2, 0.25) is 0 Å². The maximum absolute atomic E-state index is 5.62. The third kappa shape index (κ3) is 3.70. The van der Waals surface area contributed by atoms with Crippen molar-refractivity contribution in [1.82, 2.24) is 0 Å². The van der Waals surface area contributed by atoms with Gasteiger partial charge in [0.05, 0.1) is 27.5 Å². The van der Waals surface area contributed by atoms with Crippen molar-refractivity contribution in [2.24, 2.45) is 5.41 Å². The Kier molecular flexibility index (Phi) is 5.75. The molecule has 4 rings (SSSR count). The van der Waals surface area contributed by atoms with E-state index in [1.165, 1.54) is 21.5 Å². The Balaban J connectivity index is 2.00. The zero-order valence-electron chi connectivity index (χ0n) is 19.3. The van der Waals surface area contributed by atoms with Crippen LogP contribution in [0.4, 0.5) is 0 Å². The fraction of sp³-hybridized carbons (Fsp3) is 0.333. The fourth-order valence-electron chi connectivity index (χ4n) is 4.81. The quantitative estimate of drug-likeness (QED) is 0.519. The molecule has 3 aromatic rings. The van der Waals surface area contributed by atoms with Gasteiger partial charge in [-0.2, -0.15) is 0 Å². The van der Waals surface area contributed by atoms with Crippen LogP contribution >= 0.6 is 7.26 Å². The molecule has 31 heavy (non-hydrogen) atoms. The second-order valence-electron chi connectivity index (χ2n) is 9.23. The van der Waals surface area contributed by atoms with Gasteiger partial charge >= 0.3 is 0 Å². The highest BCUT2D eigenvalue weighted by atomic mass is 31.2. The minimum atomic E-state index is -1.85. The molecule has 1 unspecified atom stereocenters. The molecule has 0 radical (unpaired) electrons. The van der Waals surface area contributed by atoms with Crippen LogP contribution < -0.4 is 30.1 Å². The van der Waals surface area contributed by atoms with E-state index in [2.05, 4.69) is 87.5 Å². The number of rotatable bonds is 5. The minimum absolute atomic E-state index is 0.141. The molecule has 0 bridgehead atoms. The Morgan fingerprint density at radius 1 is 0.677 bits per heavy atom. The topological polar surface area (TPSA) is 27.7 Å². The summed E-state index contributed by atoms with van der Waals surface area (Å²) in [7, 11) is 3.33. The highest BCUT2D eigenvalue weighted by Crippen LogP contribution is 2.66. The molecule has 0 aromatic heterocycles. The Hall–Kier alpha value is -2.51. The van der Waals surface area contributed by atoms with E-state index in [0.29, 0.717) is 5.92 Å². The van der Waals surface area contributed by atoms with E-state index in [9.17, 15) is 0 Å². The van der Waals surface area contributed by atoms with Gasteiger partial charge in [0.1, 0.15) is 40.4 Å². The number of ether oxygens (including phenoxy) is 3. The molecule has 1 aliphatic rings. The number of benzene rings is 3. The zero-order valence-corrected chi connectivity index (χ0v) is 20.2. The molecule has 1 atom stereocenters. The number of fused-ring (bicyclic) bond motifs is 1. The van der Waals surface area contributed by atoms with Gasteiger partial charge in [-0.1, -0.05) is 20.8 Å². The summed E-state index contributed by atoms with van der Waals surface area (Å²) in [4.78, 5) is 0. The third-order valence-electron chi connectivity index (χ3n) is 6.55. The summed E-state index contributed by atoms with van der Waals surface area (Å²) in [5, 5.41) is 4.23. The van der Waals surface area contributed by atoms with Crippen LogP contribution in [0.2, 0.25) is 0 Å². The van der Waals surface area contributed by atoms with Crippen LogP contribution in [0.25, 0.3) is 0 Å². The number of methoxy groups -OCH3 is 3. The Morgan fingerprint density at radius 2 is 1.13 bits per heavy atom. The van der Waals surface area contributed by atoms with Crippen molar-refractivity contribution in [3.63, 3.8) is 0 Å². The lowest BCUT2D eigenvalue weighted by atomic mass is 9.78. The van der Waals surface area contributed by atoms with Crippen molar-refractivity contribution < 1.29 is 14.2 Å². The van der Waals surface area contributed by atoms with E-state index in [1.54, 1.807) is 21.3 Å². The van der Waals surface area contributed by atoms with Gasteiger partial charge in [0.25, 0.3) is 0 Å². The molecule has 0 spiro atoms. The summed E-state index contributed by atoms with van der Waals surface area (Å²) in [6.45, 7) is 7.05. The molecule has 162 valence electrons. The smallest absolute Gasteiger partial charge is 0.119 e. The predicted octanol–water partition coefficient (Wildman–Crippen LogP) is 5.15. The SMILES string of the molecule is COc1ccc([P+]2(c3ccc(OC)cc3)CC(C(C)(C)C)c3cc(OC)ccc32)cc1. The molecule has 3 nitrogen and oxygen atoms in total. The number of hydrogen-bond acceptors (Lipinski definition) is 3. The molecule has 0 saturated carbocycles. The predicted molar refractivity (Wildman–Crippen MR) is 132 cm³/mol. The summed E-state index contributed by atoms with van der Waals surface area (Å²) in [5.74, 6) is 3.14. The van der Waals surface area contributed by atoms with Crippen molar-refractivity contribution >= 4 is 23.2 Å². The summed E-state index contributed by atoms with van der Waals surface area (Å²) in [6.07, 6.45) is 1.11. The van der Waals surface area contributed by atoms with E-state index >= 15 is 0 Å². The zero-order chi connectivity index (χ0) is 22.2. The monoisotopic (exact) mass is 435 g/mol. The molecule has 3 aromatic carbocycles. The fourth-order valence-corrected chi connectivity index (χ4v) is 9.88. The summed E-state index contributed by atoms with van der Waals surface area (Å²) in [5.41, 5.74) is 1.56. The Labute approximate surface area is 186 Å². The third-order valence-corrected chi connectivity index (χ3v) is 11.1. The van der Waals surface area contributed by atoms with E-state index in [-0.39, 0.29) is 5.41 Å². The van der Waals surface area contributed by atoms with Crippen LogP contribution in [0.3, 0.4) is 0 Å². The molecule has 0 N–H and O–H groups in total. The van der Waals surface area contributed by atoms with Crippen molar-refractivity contribution in [3.05, 3.63) is 72.3 Å². The first kappa shape index (κ1) is 21.7. The average Bonchev–Trinajstić information content (AvgIpc) is 3.15. The molecule has 0 saturated heterocycles. The summed E-state index contributed by atoms with van der Waals surface area (Å²) < 4.78 is 16.5. The van der Waals surface area contributed by atoms with Crippen LogP contribution in [0.1, 0.15) is 32.3 Å². The maximum Gasteiger partial charge on any atom is 0.119 e. The van der Waals surface area contributed by atoms with Gasteiger partial charge in [0, 0.05) is 11.5 Å². The first-order valence-electron chi connectivity index (χ1n) is 10.7. The number of hydrogen-bond donors (Lipinski definition) is 0. The average molecular weight is 436 g/mol. The first-order valence-corrected chi connectivity index (χ1v) is 12.7. The maximum atomic E-state index is 5.62. The minimum Gasteiger partial charge on any atom is -0.497 e. The molecular weight excluding hydrogens is 403 g/mol. The van der Waals surface area contributed by atoms with Crippen LogP contribution in [0, 0.1) is 5.41 Å². The first-order chi connectivity index (χ1) is 14.8. The van der Waals surface area contributed by atoms with E-state index in [4.69, 9.17) is 14.2 Å². The van der Waals surface area contributed by atoms with Crippen LogP contribution in [0.5, 0.6) is 17.2 Å². The van der Waals surface area contributed by atoms with Crippen molar-refractivity contribution in [2.75, 3.05) is 27.5 Å². The lowest BCUT2D eigenvalue weighted by molar-refractivity contribution is 0.345. The highest BCUT2D eigenvalue weighted by molar-refractivity contribution is 7.96. The normalized spacial score (nSPS) is 17.2. The lowest BCUT2D eigenvalue weighted by Crippen LogP contribution is -2.31. The van der Waals surface area contributed by atoms with Crippen LogP contribution in [-0.2, 0) is 0 Å². The van der Waals surface area contributed by atoms with Crippen molar-refractivity contribution in [1.29, 1.82) is 0 Å². The standard InChI is InChI=1S/C27H32O3P/c1-27(2,3)25-18-31(22-12-7-19(28-4)8-13-22,23-14-9-20(29-5)10-15-23)26-16-11-21(30-6)17-24(25)26/h7-17,25H,18H2,1-6H3/q+1. The molecule has 0 fully saturated rings. The van der Waals surface area contributed by atoms with Crippen LogP contribution in [0.15, 0.2) is 66.7 Å². The second kappa shape index (κ2) is 8.20. The lowest BCUT2D eigenvalue weighted by Gasteiger charge is -2.28. The van der Waals surface area contributed by atoms with Crippen molar-refractivity contribution in [3.8, 4) is 17.2 Å². The molecule has 0 aliphatic carbocycles. The molecule has 4 heteroatoms. The van der Waals surface area contributed by atoms with Gasteiger partial charge < -0.3 is 14.2 Å². The van der Waals surface area contributed by atoms with Gasteiger partial charge in [-0.3, -0.25) is 0 Å². The second-order valence-corrected chi connectivity index (χ2v) is 12.7. The van der Waals surface area contributed by atoms with Gasteiger partial charge in [-0.05, 0) is 72.1 Å². The van der Waals surface area contributed by atoms with Crippen LogP contribution in [-0.4, -0.2) is 27.5 Å². The Bertz CT molecular complexity index is 1000. The molecular formula is C27H32O3P+. The van der Waals surface area contributed by atoms with Gasteiger partial charge in [0.15, 0.2) is 0 Å². The van der Waals surface area contributed by atoms with Gasteiger partial charge in [-0.25, -0.2) is 0 Å². The van der Waals surface area contributed by atoms with E-state index < -0.39 is 7.26 Å². The molecule has 1 heterocycles. The molecule has 0 amide bonds. The highest BCUT2D eigenvalue weighted by Gasteiger charge is 2.56. The summed E-state index contributed by atoms with van der Waals surface area (Å²) >= 11 is 0. The van der Waals surface area contributed by atoms with Crippen molar-refractivity contribution in [2.45, 2.75) is 26.7 Å². The van der Waals surface area contributed by atoms with Gasteiger partial charge in [-0.15, -0.1) is 0 Å². The van der Waals surface area contributed by atoms with E-state index in [0.717, 1.165) is 23.4 Å². The summed E-state index contributed by atoms with van der Waals surface area (Å²) in [6, 6.07) is 24.1.